The molecule has 0 saturated carbocycles. The van der Waals surface area contributed by atoms with Gasteiger partial charge in [-0.25, -0.2) is 8.78 Å². The van der Waals surface area contributed by atoms with Gasteiger partial charge in [-0.1, -0.05) is 11.6 Å². The monoisotopic (exact) mass is 302 g/mol. The third kappa shape index (κ3) is 3.08. The molecule has 0 spiro atoms. The van der Waals surface area contributed by atoms with Gasteiger partial charge in [-0.15, -0.1) is 0 Å². The first-order valence-corrected chi connectivity index (χ1v) is 6.90. The highest BCUT2D eigenvalue weighted by molar-refractivity contribution is 7.84. The number of hydrogen-bond donors (Lipinski definition) is 1. The van der Waals surface area contributed by atoms with E-state index in [-0.39, 0.29) is 11.4 Å². The fraction of sp³-hybridized carbons (Fsp3) is 0.0833. The van der Waals surface area contributed by atoms with Crippen LogP contribution < -0.4 is 5.73 Å². The van der Waals surface area contributed by atoms with Crippen molar-refractivity contribution in [1.29, 1.82) is 0 Å². The summed E-state index contributed by atoms with van der Waals surface area (Å²) in [6.45, 7) is 0. The zero-order chi connectivity index (χ0) is 14.0. The normalized spacial score (nSPS) is 12.4. The largest absolute Gasteiger partial charge is 0.399 e. The minimum atomic E-state index is -1.89. The van der Waals surface area contributed by atoms with E-state index in [9.17, 15) is 13.0 Å². The molecule has 3 nitrogen and oxygen atoms in total. The summed E-state index contributed by atoms with van der Waals surface area (Å²) in [7, 11) is -1.89. The Morgan fingerprint density at radius 2 is 1.95 bits per heavy atom. The molecule has 0 aliphatic heterocycles. The maximum Gasteiger partial charge on any atom is 0.144 e. The summed E-state index contributed by atoms with van der Waals surface area (Å²) in [5.41, 5.74) is 5.74. The van der Waals surface area contributed by atoms with Gasteiger partial charge in [0.1, 0.15) is 16.5 Å². The molecule has 19 heavy (non-hydrogen) atoms. The van der Waals surface area contributed by atoms with E-state index in [1.165, 1.54) is 12.4 Å². The number of aromatic nitrogens is 1. The molecule has 1 aromatic heterocycles. The predicted octanol–water partition coefficient (Wildman–Crippen LogP) is 2.90. The summed E-state index contributed by atoms with van der Waals surface area (Å²) in [6, 6.07) is 3.42. The maximum absolute atomic E-state index is 13.6. The molecule has 0 aliphatic rings. The quantitative estimate of drug-likeness (QED) is 0.887. The van der Waals surface area contributed by atoms with Gasteiger partial charge in [-0.05, 0) is 23.8 Å². The van der Waals surface area contributed by atoms with Gasteiger partial charge in [0.05, 0.1) is 21.6 Å². The average Bonchev–Trinajstić information content (AvgIpc) is 2.30. The number of hydrogen-bond acceptors (Lipinski definition) is 3. The summed E-state index contributed by atoms with van der Waals surface area (Å²) in [6.07, 6.45) is 2.85. The summed E-state index contributed by atoms with van der Waals surface area (Å²) in [5, 5.41) is 0.298. The number of pyridine rings is 1. The third-order valence-corrected chi connectivity index (χ3v) is 4.15. The van der Waals surface area contributed by atoms with Crippen molar-refractivity contribution >= 4 is 28.1 Å². The van der Waals surface area contributed by atoms with Crippen LogP contribution in [0.3, 0.4) is 0 Å². The lowest BCUT2D eigenvalue weighted by atomic mass is 10.3. The molecule has 0 fully saturated rings. The molecule has 0 amide bonds. The number of nitrogen functional groups attached to an aromatic ring is 1. The van der Waals surface area contributed by atoms with Gasteiger partial charge in [-0.3, -0.25) is 9.19 Å². The minimum absolute atomic E-state index is 0.0577. The minimum Gasteiger partial charge on any atom is -0.399 e. The Kier molecular flexibility index (Phi) is 4.11. The van der Waals surface area contributed by atoms with Crippen molar-refractivity contribution in [3.63, 3.8) is 0 Å². The Labute approximate surface area is 115 Å². The third-order valence-electron chi connectivity index (χ3n) is 2.39. The fourth-order valence-electron chi connectivity index (χ4n) is 1.53. The molecule has 1 aromatic carbocycles. The molecule has 0 bridgehead atoms. The van der Waals surface area contributed by atoms with Crippen molar-refractivity contribution in [3.8, 4) is 0 Å². The molecular formula is C12H9ClF2N2OS. The Morgan fingerprint density at radius 1 is 1.32 bits per heavy atom. The summed E-state index contributed by atoms with van der Waals surface area (Å²) < 4.78 is 39.2. The van der Waals surface area contributed by atoms with Gasteiger partial charge in [0.15, 0.2) is 0 Å². The van der Waals surface area contributed by atoms with Gasteiger partial charge in [-0.2, -0.15) is 0 Å². The first-order chi connectivity index (χ1) is 8.99. The Hall–Kier alpha value is -1.53. The Bertz CT molecular complexity index is 628. The highest BCUT2D eigenvalue weighted by Gasteiger charge is 2.18. The molecule has 0 saturated heterocycles. The zero-order valence-corrected chi connectivity index (χ0v) is 11.1. The second-order valence-electron chi connectivity index (χ2n) is 3.77. The second kappa shape index (κ2) is 5.63. The number of rotatable bonds is 3. The smallest absolute Gasteiger partial charge is 0.144 e. The second-order valence-corrected chi connectivity index (χ2v) is 5.57. The molecule has 1 heterocycles. The van der Waals surface area contributed by atoms with E-state index in [4.69, 9.17) is 17.3 Å². The van der Waals surface area contributed by atoms with Gasteiger partial charge < -0.3 is 5.73 Å². The van der Waals surface area contributed by atoms with Gasteiger partial charge in [0.2, 0.25) is 0 Å². The van der Waals surface area contributed by atoms with Crippen molar-refractivity contribution in [2.75, 3.05) is 5.73 Å². The van der Waals surface area contributed by atoms with Crippen LogP contribution in [0.2, 0.25) is 5.02 Å². The lowest BCUT2D eigenvalue weighted by Gasteiger charge is -2.07. The van der Waals surface area contributed by atoms with E-state index >= 15 is 0 Å². The standard InChI is InChI=1S/C12H9ClF2N2OS/c13-9-5-17-2-1-7(9)6-19(18)12-10(14)3-8(16)4-11(12)15/h1-5H,6,16H2. The predicted molar refractivity (Wildman–Crippen MR) is 70.1 cm³/mol. The highest BCUT2D eigenvalue weighted by Crippen LogP contribution is 2.24. The van der Waals surface area contributed by atoms with Crippen LogP contribution in [0.25, 0.3) is 0 Å². The molecule has 7 heteroatoms. The van der Waals surface area contributed by atoms with E-state index in [1.807, 2.05) is 0 Å². The van der Waals surface area contributed by atoms with E-state index in [1.54, 1.807) is 6.07 Å². The summed E-state index contributed by atoms with van der Waals surface area (Å²) in [5.74, 6) is -1.96. The van der Waals surface area contributed by atoms with Crippen LogP contribution in [0.15, 0.2) is 35.5 Å². The maximum atomic E-state index is 13.6. The van der Waals surface area contributed by atoms with Gasteiger partial charge in [0, 0.05) is 18.1 Å². The van der Waals surface area contributed by atoms with Crippen molar-refractivity contribution in [2.24, 2.45) is 0 Å². The first-order valence-electron chi connectivity index (χ1n) is 5.20. The molecule has 1 atom stereocenters. The molecule has 0 aliphatic carbocycles. The van der Waals surface area contributed by atoms with Crippen LogP contribution in [0.1, 0.15) is 5.56 Å². The summed E-state index contributed by atoms with van der Waals surface area (Å²) >= 11 is 5.86. The van der Waals surface area contributed by atoms with Crippen molar-refractivity contribution in [3.05, 3.63) is 52.8 Å². The lowest BCUT2D eigenvalue weighted by Crippen LogP contribution is -2.04. The van der Waals surface area contributed by atoms with E-state index in [2.05, 4.69) is 4.98 Å². The molecule has 2 N–H and O–H groups in total. The van der Waals surface area contributed by atoms with E-state index in [0.717, 1.165) is 12.1 Å². The molecule has 1 unspecified atom stereocenters. The van der Waals surface area contributed by atoms with E-state index in [0.29, 0.717) is 10.6 Å². The van der Waals surface area contributed by atoms with Crippen LogP contribution >= 0.6 is 11.6 Å². The number of benzene rings is 1. The Morgan fingerprint density at radius 3 is 2.53 bits per heavy atom. The van der Waals surface area contributed by atoms with Crippen LogP contribution in [-0.4, -0.2) is 9.19 Å². The topological polar surface area (TPSA) is 56.0 Å². The van der Waals surface area contributed by atoms with Crippen LogP contribution in [0.4, 0.5) is 14.5 Å². The van der Waals surface area contributed by atoms with Crippen molar-refractivity contribution in [1.82, 2.24) is 4.98 Å². The molecule has 100 valence electrons. The number of nitrogens with zero attached hydrogens (tertiary/aromatic N) is 1. The van der Waals surface area contributed by atoms with Gasteiger partial charge >= 0.3 is 0 Å². The van der Waals surface area contributed by atoms with Gasteiger partial charge in [0.25, 0.3) is 0 Å². The van der Waals surface area contributed by atoms with E-state index < -0.39 is 27.3 Å². The number of nitrogens with two attached hydrogens (primary N) is 1. The number of anilines is 1. The average molecular weight is 303 g/mol. The molecule has 0 radical (unpaired) electrons. The van der Waals surface area contributed by atoms with Crippen LogP contribution in [0.5, 0.6) is 0 Å². The number of halogens is 3. The van der Waals surface area contributed by atoms with Crippen molar-refractivity contribution < 1.29 is 13.0 Å². The van der Waals surface area contributed by atoms with Crippen LogP contribution in [-0.2, 0) is 16.6 Å². The SMILES string of the molecule is Nc1cc(F)c(S(=O)Cc2ccncc2Cl)c(F)c1. The first kappa shape index (κ1) is 13.9. The fourth-order valence-corrected chi connectivity index (χ4v) is 3.03. The van der Waals surface area contributed by atoms with Crippen LogP contribution in [0, 0.1) is 11.6 Å². The lowest BCUT2D eigenvalue weighted by molar-refractivity contribution is 0.535. The highest BCUT2D eigenvalue weighted by atomic mass is 35.5. The molecule has 2 aromatic rings. The molecule has 2 rings (SSSR count). The van der Waals surface area contributed by atoms with Crippen molar-refractivity contribution in [2.45, 2.75) is 10.6 Å². The summed E-state index contributed by atoms with van der Waals surface area (Å²) in [4.78, 5) is 3.28. The molecular weight excluding hydrogens is 294 g/mol. The zero-order valence-electron chi connectivity index (χ0n) is 9.57. The Balaban J connectivity index is 2.34.